The van der Waals surface area contributed by atoms with Gasteiger partial charge in [-0.05, 0) is 36.4 Å². The van der Waals surface area contributed by atoms with Crippen LogP contribution in [0, 0.1) is 5.82 Å². The average Bonchev–Trinajstić information content (AvgIpc) is 3.32. The summed E-state index contributed by atoms with van der Waals surface area (Å²) >= 11 is 0. The fraction of sp³-hybridized carbons (Fsp3) is 0.304. The van der Waals surface area contributed by atoms with E-state index in [1.54, 1.807) is 24.3 Å². The Labute approximate surface area is 184 Å². The molecule has 9 heteroatoms. The number of hydrogen-bond acceptors (Lipinski definition) is 7. The number of hydrogen-bond donors (Lipinski definition) is 1. The van der Waals surface area contributed by atoms with Crippen LogP contribution >= 0.6 is 0 Å². The Balaban J connectivity index is 1.23. The second-order valence-corrected chi connectivity index (χ2v) is 7.46. The number of amides is 1. The molecule has 168 valence electrons. The predicted octanol–water partition coefficient (Wildman–Crippen LogP) is 2.39. The van der Waals surface area contributed by atoms with Gasteiger partial charge in [0.2, 0.25) is 11.2 Å². The van der Waals surface area contributed by atoms with Crippen LogP contribution in [0.1, 0.15) is 11.5 Å². The molecular weight excluding hydrogens is 417 g/mol. The molecule has 4 rings (SSSR count). The van der Waals surface area contributed by atoms with Crippen LogP contribution in [-0.2, 0) is 17.9 Å². The number of piperazine rings is 1. The first-order valence-corrected chi connectivity index (χ1v) is 10.3. The molecule has 0 aliphatic carbocycles. The van der Waals surface area contributed by atoms with Crippen molar-refractivity contribution in [1.82, 2.24) is 10.2 Å². The van der Waals surface area contributed by atoms with Gasteiger partial charge in [-0.1, -0.05) is 0 Å². The molecule has 1 aliphatic heterocycles. The lowest BCUT2D eigenvalue weighted by atomic mass is 10.2. The number of benzene rings is 1. The van der Waals surface area contributed by atoms with Crippen molar-refractivity contribution in [2.45, 2.75) is 13.1 Å². The minimum atomic E-state index is -0.371. The van der Waals surface area contributed by atoms with Gasteiger partial charge in [-0.25, -0.2) is 4.39 Å². The van der Waals surface area contributed by atoms with Crippen LogP contribution in [0.2, 0.25) is 0 Å². The first kappa shape index (κ1) is 21.6. The number of nitrogens with zero attached hydrogens (tertiary/aromatic N) is 2. The standard InChI is InChI=1S/C23H24FN3O5/c24-17-3-5-18(6-4-17)27-9-7-26(8-10-27)14-20-12-21(28)22(15-31-20)32-16-23(29)25-13-19-2-1-11-30-19/h1-6,11-12,15H,7-10,13-14,16H2,(H,25,29). The molecule has 3 aromatic rings. The van der Waals surface area contributed by atoms with Crippen LogP contribution < -0.4 is 20.4 Å². The molecule has 8 nitrogen and oxygen atoms in total. The molecule has 1 N–H and O–H groups in total. The maximum Gasteiger partial charge on any atom is 0.258 e. The molecule has 0 atom stereocenters. The lowest BCUT2D eigenvalue weighted by Crippen LogP contribution is -2.46. The normalized spacial score (nSPS) is 14.3. The van der Waals surface area contributed by atoms with E-state index in [1.165, 1.54) is 30.7 Å². The summed E-state index contributed by atoms with van der Waals surface area (Å²) in [6.45, 7) is 3.61. The van der Waals surface area contributed by atoms with Gasteiger partial charge in [-0.3, -0.25) is 14.5 Å². The van der Waals surface area contributed by atoms with Crippen LogP contribution in [0.5, 0.6) is 5.75 Å². The molecule has 3 heterocycles. The fourth-order valence-electron chi connectivity index (χ4n) is 3.46. The van der Waals surface area contributed by atoms with Gasteiger partial charge in [0.15, 0.2) is 6.61 Å². The van der Waals surface area contributed by atoms with Gasteiger partial charge in [0.1, 0.15) is 23.6 Å². The molecule has 1 amide bonds. The van der Waals surface area contributed by atoms with Crippen LogP contribution in [0.4, 0.5) is 10.1 Å². The Hall–Kier alpha value is -3.59. The Morgan fingerprint density at radius 1 is 1.06 bits per heavy atom. The van der Waals surface area contributed by atoms with Gasteiger partial charge < -0.3 is 23.8 Å². The third-order valence-corrected chi connectivity index (χ3v) is 5.19. The summed E-state index contributed by atoms with van der Waals surface area (Å²) in [5.41, 5.74) is 0.655. The molecule has 1 aliphatic rings. The van der Waals surface area contributed by atoms with E-state index in [4.69, 9.17) is 13.6 Å². The summed E-state index contributed by atoms with van der Waals surface area (Å²) in [5, 5.41) is 2.64. The molecular formula is C23H24FN3O5. The van der Waals surface area contributed by atoms with Gasteiger partial charge in [-0.2, -0.15) is 0 Å². The quantitative estimate of drug-likeness (QED) is 0.574. The summed E-state index contributed by atoms with van der Waals surface area (Å²) < 4.78 is 29.1. The molecule has 1 saturated heterocycles. The molecule has 0 unspecified atom stereocenters. The topological polar surface area (TPSA) is 88.2 Å². The molecule has 1 fully saturated rings. The van der Waals surface area contributed by atoms with Gasteiger partial charge >= 0.3 is 0 Å². The van der Waals surface area contributed by atoms with Crippen molar-refractivity contribution in [2.24, 2.45) is 0 Å². The first-order chi connectivity index (χ1) is 15.6. The summed E-state index contributed by atoms with van der Waals surface area (Å²) in [6.07, 6.45) is 2.77. The van der Waals surface area contributed by atoms with Gasteiger partial charge in [0.25, 0.3) is 5.91 Å². The van der Waals surface area contributed by atoms with E-state index in [0.717, 1.165) is 31.9 Å². The van der Waals surface area contributed by atoms with E-state index in [1.807, 2.05) is 0 Å². The molecule has 32 heavy (non-hydrogen) atoms. The van der Waals surface area contributed by atoms with Crippen LogP contribution in [0.25, 0.3) is 0 Å². The minimum absolute atomic E-state index is 0.0111. The number of furan rings is 1. The highest BCUT2D eigenvalue weighted by Crippen LogP contribution is 2.18. The molecule has 1 aromatic carbocycles. The Bertz CT molecular complexity index is 1070. The molecule has 2 aromatic heterocycles. The number of nitrogens with one attached hydrogen (secondary N) is 1. The van der Waals surface area contributed by atoms with E-state index in [-0.39, 0.29) is 36.1 Å². The number of carbonyl (C=O) groups is 1. The second-order valence-electron chi connectivity index (χ2n) is 7.46. The number of carbonyl (C=O) groups excluding carboxylic acids is 1. The van der Waals surface area contributed by atoms with E-state index in [0.29, 0.717) is 18.1 Å². The van der Waals surface area contributed by atoms with Crippen molar-refractivity contribution in [3.63, 3.8) is 0 Å². The van der Waals surface area contributed by atoms with Crippen LogP contribution in [0.3, 0.4) is 0 Å². The summed E-state index contributed by atoms with van der Waals surface area (Å²) in [7, 11) is 0. The van der Waals surface area contributed by atoms with Gasteiger partial charge in [0, 0.05) is 37.9 Å². The molecule has 0 radical (unpaired) electrons. The first-order valence-electron chi connectivity index (χ1n) is 10.3. The van der Waals surface area contributed by atoms with E-state index in [2.05, 4.69) is 15.1 Å². The lowest BCUT2D eigenvalue weighted by Gasteiger charge is -2.35. The zero-order valence-corrected chi connectivity index (χ0v) is 17.5. The largest absolute Gasteiger partial charge is 0.477 e. The Morgan fingerprint density at radius 3 is 2.53 bits per heavy atom. The maximum atomic E-state index is 13.1. The van der Waals surface area contributed by atoms with E-state index >= 15 is 0 Å². The molecule has 0 spiro atoms. The predicted molar refractivity (Wildman–Crippen MR) is 115 cm³/mol. The summed E-state index contributed by atoms with van der Waals surface area (Å²) in [5.74, 6) is 0.525. The van der Waals surface area contributed by atoms with E-state index < -0.39 is 0 Å². The number of ether oxygens (including phenoxy) is 1. The van der Waals surface area contributed by atoms with Crippen molar-refractivity contribution in [2.75, 3.05) is 37.7 Å². The van der Waals surface area contributed by atoms with Crippen LogP contribution in [-0.4, -0.2) is 43.6 Å². The monoisotopic (exact) mass is 441 g/mol. The van der Waals surface area contributed by atoms with Crippen molar-refractivity contribution in [3.05, 3.63) is 82.6 Å². The fourth-order valence-corrected chi connectivity index (χ4v) is 3.46. The zero-order chi connectivity index (χ0) is 22.3. The van der Waals surface area contributed by atoms with Gasteiger partial charge in [0.05, 0.1) is 19.4 Å². The third-order valence-electron chi connectivity index (χ3n) is 5.19. The highest BCUT2D eigenvalue weighted by molar-refractivity contribution is 5.77. The maximum absolute atomic E-state index is 13.1. The second kappa shape index (κ2) is 10.1. The number of rotatable bonds is 8. The van der Waals surface area contributed by atoms with E-state index in [9.17, 15) is 14.0 Å². The number of anilines is 1. The lowest BCUT2D eigenvalue weighted by molar-refractivity contribution is -0.123. The molecule has 0 saturated carbocycles. The van der Waals surface area contributed by atoms with Crippen molar-refractivity contribution < 1.29 is 22.8 Å². The smallest absolute Gasteiger partial charge is 0.258 e. The SMILES string of the molecule is O=C(COc1coc(CN2CCN(c3ccc(F)cc3)CC2)cc1=O)NCc1ccco1. The Kier molecular flexibility index (Phi) is 6.86. The minimum Gasteiger partial charge on any atom is -0.477 e. The highest BCUT2D eigenvalue weighted by atomic mass is 19.1. The third kappa shape index (κ3) is 5.76. The summed E-state index contributed by atoms with van der Waals surface area (Å²) in [4.78, 5) is 28.5. The van der Waals surface area contributed by atoms with Gasteiger partial charge in [-0.15, -0.1) is 0 Å². The Morgan fingerprint density at radius 2 is 1.84 bits per heavy atom. The highest BCUT2D eigenvalue weighted by Gasteiger charge is 2.19. The average molecular weight is 441 g/mol. The van der Waals surface area contributed by atoms with Crippen molar-refractivity contribution in [3.8, 4) is 5.75 Å². The number of halogens is 1. The molecule has 0 bridgehead atoms. The van der Waals surface area contributed by atoms with Crippen molar-refractivity contribution in [1.29, 1.82) is 0 Å². The van der Waals surface area contributed by atoms with Crippen LogP contribution in [0.15, 0.2) is 68.6 Å². The summed E-state index contributed by atoms with van der Waals surface area (Å²) in [6, 6.07) is 11.3. The zero-order valence-electron chi connectivity index (χ0n) is 17.5. The van der Waals surface area contributed by atoms with Crippen molar-refractivity contribution >= 4 is 11.6 Å².